The van der Waals surface area contributed by atoms with Gasteiger partial charge in [0, 0.05) is 12.1 Å². The summed E-state index contributed by atoms with van der Waals surface area (Å²) < 4.78 is 13.4. The number of hydrogen-bond acceptors (Lipinski definition) is 3. The van der Waals surface area contributed by atoms with Crippen LogP contribution in [-0.2, 0) is 9.59 Å². The van der Waals surface area contributed by atoms with Crippen molar-refractivity contribution in [1.29, 1.82) is 0 Å². The number of hydrogen-bond donors (Lipinski definition) is 2. The van der Waals surface area contributed by atoms with Gasteiger partial charge in [0.2, 0.25) is 11.8 Å². The lowest BCUT2D eigenvalue weighted by molar-refractivity contribution is -0.116. The molecule has 0 aliphatic rings. The highest BCUT2D eigenvalue weighted by atomic mass is 32.2. The van der Waals surface area contributed by atoms with E-state index in [0.717, 1.165) is 11.3 Å². The Bertz CT molecular complexity index is 737. The van der Waals surface area contributed by atoms with Gasteiger partial charge < -0.3 is 10.6 Å². The summed E-state index contributed by atoms with van der Waals surface area (Å²) >= 11 is 1.42. The first-order valence-electron chi connectivity index (χ1n) is 8.03. The molecular weight excluding hydrogens is 339 g/mol. The number of carbonyl (C=O) groups is 2. The second-order valence-electron chi connectivity index (χ2n) is 5.60. The van der Waals surface area contributed by atoms with E-state index in [0.29, 0.717) is 18.6 Å². The molecule has 2 aromatic rings. The van der Waals surface area contributed by atoms with E-state index in [4.69, 9.17) is 0 Å². The number of amides is 2. The molecule has 6 heteroatoms. The molecule has 0 fully saturated rings. The molecule has 0 aromatic heterocycles. The van der Waals surface area contributed by atoms with E-state index in [9.17, 15) is 14.0 Å². The fourth-order valence-corrected chi connectivity index (χ4v) is 2.95. The molecule has 4 nitrogen and oxygen atoms in total. The Morgan fingerprint density at radius 2 is 1.84 bits per heavy atom. The van der Waals surface area contributed by atoms with Crippen LogP contribution in [0.25, 0.3) is 0 Å². The third-order valence-corrected chi connectivity index (χ3v) is 4.42. The molecule has 2 amide bonds. The summed E-state index contributed by atoms with van der Waals surface area (Å²) in [4.78, 5) is 23.6. The van der Waals surface area contributed by atoms with Crippen LogP contribution in [0.4, 0.5) is 15.8 Å². The Balaban J connectivity index is 1.60. The predicted molar refractivity (Wildman–Crippen MR) is 101 cm³/mol. The van der Waals surface area contributed by atoms with Gasteiger partial charge in [-0.15, -0.1) is 0 Å². The van der Waals surface area contributed by atoms with Crippen molar-refractivity contribution >= 4 is 35.0 Å². The molecule has 0 saturated carbocycles. The fraction of sp³-hybridized carbons (Fsp3) is 0.263. The molecule has 25 heavy (non-hydrogen) atoms. The van der Waals surface area contributed by atoms with Gasteiger partial charge in [-0.05, 0) is 48.9 Å². The Kier molecular flexibility index (Phi) is 7.47. The van der Waals surface area contributed by atoms with Crippen LogP contribution >= 0.6 is 11.8 Å². The van der Waals surface area contributed by atoms with Crippen LogP contribution in [0.15, 0.2) is 48.5 Å². The maximum absolute atomic E-state index is 13.4. The van der Waals surface area contributed by atoms with E-state index in [1.54, 1.807) is 12.1 Å². The van der Waals surface area contributed by atoms with Gasteiger partial charge >= 0.3 is 0 Å². The summed E-state index contributed by atoms with van der Waals surface area (Å²) in [5, 5.41) is 5.39. The molecule has 0 saturated heterocycles. The summed E-state index contributed by atoms with van der Waals surface area (Å²) in [5.41, 5.74) is 2.07. The molecule has 132 valence electrons. The minimum absolute atomic E-state index is 0.0398. The summed E-state index contributed by atoms with van der Waals surface area (Å²) in [7, 11) is 0. The molecule has 2 aromatic carbocycles. The monoisotopic (exact) mass is 360 g/mol. The number of para-hydroxylation sites is 1. The van der Waals surface area contributed by atoms with Crippen molar-refractivity contribution in [2.24, 2.45) is 0 Å². The summed E-state index contributed by atoms with van der Waals surface area (Å²) in [6, 6.07) is 13.7. The Morgan fingerprint density at radius 3 is 2.60 bits per heavy atom. The maximum Gasteiger partial charge on any atom is 0.234 e. The summed E-state index contributed by atoms with van der Waals surface area (Å²) in [6.45, 7) is 1.97. The minimum Gasteiger partial charge on any atom is -0.326 e. The second-order valence-corrected chi connectivity index (χ2v) is 6.71. The fourth-order valence-electron chi connectivity index (χ4n) is 2.19. The smallest absolute Gasteiger partial charge is 0.234 e. The van der Waals surface area contributed by atoms with E-state index in [-0.39, 0.29) is 23.3 Å². The first-order chi connectivity index (χ1) is 12.0. The predicted octanol–water partition coefficient (Wildman–Crippen LogP) is 4.22. The number of anilines is 2. The molecule has 0 aliphatic carbocycles. The molecule has 0 heterocycles. The maximum atomic E-state index is 13.4. The number of thioether (sulfide) groups is 1. The molecule has 0 spiro atoms. The highest BCUT2D eigenvalue weighted by molar-refractivity contribution is 7.99. The lowest BCUT2D eigenvalue weighted by Crippen LogP contribution is -2.15. The second kappa shape index (κ2) is 9.84. The molecule has 0 unspecified atom stereocenters. The van der Waals surface area contributed by atoms with Crippen molar-refractivity contribution in [3.05, 3.63) is 59.9 Å². The van der Waals surface area contributed by atoms with Crippen LogP contribution in [0.1, 0.15) is 18.4 Å². The summed E-state index contributed by atoms with van der Waals surface area (Å²) in [6.07, 6.45) is 1.07. The van der Waals surface area contributed by atoms with Crippen LogP contribution in [0.2, 0.25) is 0 Å². The van der Waals surface area contributed by atoms with Crippen molar-refractivity contribution in [3.8, 4) is 0 Å². The van der Waals surface area contributed by atoms with E-state index in [1.165, 1.54) is 23.9 Å². The number of aryl methyl sites for hydroxylation is 1. The van der Waals surface area contributed by atoms with Crippen molar-refractivity contribution in [2.45, 2.75) is 19.8 Å². The van der Waals surface area contributed by atoms with E-state index in [1.807, 2.05) is 31.2 Å². The van der Waals surface area contributed by atoms with Crippen LogP contribution in [0.3, 0.4) is 0 Å². The minimum atomic E-state index is -0.450. The van der Waals surface area contributed by atoms with Gasteiger partial charge in [-0.25, -0.2) is 4.39 Å². The van der Waals surface area contributed by atoms with Gasteiger partial charge in [-0.1, -0.05) is 24.3 Å². The Hall–Kier alpha value is -2.34. The zero-order valence-electron chi connectivity index (χ0n) is 14.0. The van der Waals surface area contributed by atoms with Gasteiger partial charge in [0.1, 0.15) is 5.82 Å². The normalized spacial score (nSPS) is 10.3. The van der Waals surface area contributed by atoms with Crippen molar-refractivity contribution in [1.82, 2.24) is 0 Å². The zero-order valence-corrected chi connectivity index (χ0v) is 14.9. The molecule has 0 bridgehead atoms. The zero-order chi connectivity index (χ0) is 18.1. The highest BCUT2D eigenvalue weighted by Crippen LogP contribution is 2.14. The number of rotatable bonds is 8. The molecular formula is C19H21FN2O2S. The van der Waals surface area contributed by atoms with Crippen LogP contribution in [0.5, 0.6) is 0 Å². The Labute approximate surface area is 151 Å². The number of nitrogens with one attached hydrogen (secondary N) is 2. The highest BCUT2D eigenvalue weighted by Gasteiger charge is 2.07. The summed E-state index contributed by atoms with van der Waals surface area (Å²) in [5.74, 6) is 0.176. The molecule has 0 atom stereocenters. The third kappa shape index (κ3) is 6.97. The topological polar surface area (TPSA) is 58.2 Å². The van der Waals surface area contributed by atoms with E-state index >= 15 is 0 Å². The van der Waals surface area contributed by atoms with Crippen LogP contribution in [0, 0.1) is 12.7 Å². The lowest BCUT2D eigenvalue weighted by atomic mass is 10.2. The average Bonchev–Trinajstić information content (AvgIpc) is 2.56. The van der Waals surface area contributed by atoms with Gasteiger partial charge in [-0.3, -0.25) is 9.59 Å². The van der Waals surface area contributed by atoms with Gasteiger partial charge in [0.25, 0.3) is 0 Å². The molecule has 0 aliphatic heterocycles. The van der Waals surface area contributed by atoms with Crippen LogP contribution in [-0.4, -0.2) is 23.3 Å². The SMILES string of the molecule is Cc1cccc(NC(=O)CCCSCC(=O)Nc2ccccc2F)c1. The number of carbonyl (C=O) groups excluding carboxylic acids is 2. The van der Waals surface area contributed by atoms with Crippen molar-refractivity contribution < 1.29 is 14.0 Å². The lowest BCUT2D eigenvalue weighted by Gasteiger charge is -2.07. The van der Waals surface area contributed by atoms with Crippen molar-refractivity contribution in [2.75, 3.05) is 22.1 Å². The number of halogens is 1. The van der Waals surface area contributed by atoms with Crippen molar-refractivity contribution in [3.63, 3.8) is 0 Å². The Morgan fingerprint density at radius 1 is 1.04 bits per heavy atom. The molecule has 2 rings (SSSR count). The molecule has 2 N–H and O–H groups in total. The van der Waals surface area contributed by atoms with E-state index < -0.39 is 5.82 Å². The van der Waals surface area contributed by atoms with Gasteiger partial charge in [-0.2, -0.15) is 11.8 Å². The van der Waals surface area contributed by atoms with E-state index in [2.05, 4.69) is 10.6 Å². The third-order valence-electron chi connectivity index (χ3n) is 3.38. The first-order valence-corrected chi connectivity index (χ1v) is 9.19. The van der Waals surface area contributed by atoms with Gasteiger partial charge in [0.05, 0.1) is 11.4 Å². The standard InChI is InChI=1S/C19H21FN2O2S/c1-14-6-4-7-15(12-14)21-18(23)10-5-11-25-13-19(24)22-17-9-3-2-8-16(17)20/h2-4,6-9,12H,5,10-11,13H2,1H3,(H,21,23)(H,22,24). The number of benzene rings is 2. The quantitative estimate of drug-likeness (QED) is 0.693. The first kappa shape index (κ1) is 19.0. The largest absolute Gasteiger partial charge is 0.326 e. The van der Waals surface area contributed by atoms with Crippen LogP contribution < -0.4 is 10.6 Å². The van der Waals surface area contributed by atoms with Gasteiger partial charge in [0.15, 0.2) is 0 Å². The average molecular weight is 360 g/mol. The molecule has 0 radical (unpaired) electrons.